The average molecular weight is 342 g/mol. The van der Waals surface area contributed by atoms with Crippen LogP contribution >= 0.6 is 0 Å². The van der Waals surface area contributed by atoms with Crippen LogP contribution in [0.4, 0.5) is 0 Å². The molecule has 0 heterocycles. The molecule has 0 aromatic rings. The first-order chi connectivity index (χ1) is 11.1. The summed E-state index contributed by atoms with van der Waals surface area (Å²) in [4.78, 5) is 0. The van der Waals surface area contributed by atoms with Crippen LogP contribution < -0.4 is 0 Å². The van der Waals surface area contributed by atoms with Gasteiger partial charge in [0.05, 0.1) is 0 Å². The summed E-state index contributed by atoms with van der Waals surface area (Å²) in [5.41, 5.74) is 0. The van der Waals surface area contributed by atoms with E-state index in [1.807, 2.05) is 7.11 Å². The highest BCUT2D eigenvalue weighted by atomic mass is 28.4. The van der Waals surface area contributed by atoms with Crippen LogP contribution in [0.1, 0.15) is 110 Å². The van der Waals surface area contributed by atoms with Crippen LogP contribution in [0.3, 0.4) is 0 Å². The molecule has 23 heavy (non-hydrogen) atoms. The van der Waals surface area contributed by atoms with E-state index in [4.69, 9.17) is 4.43 Å². The zero-order valence-electron chi connectivity index (χ0n) is 16.8. The normalized spacial score (nSPS) is 12.0. The van der Waals surface area contributed by atoms with Gasteiger partial charge in [-0.25, -0.2) is 0 Å². The van der Waals surface area contributed by atoms with Gasteiger partial charge in [-0.2, -0.15) is 0 Å². The molecule has 0 aliphatic heterocycles. The van der Waals surface area contributed by atoms with E-state index in [2.05, 4.69) is 26.1 Å². The molecule has 0 spiro atoms. The van der Waals surface area contributed by atoms with Crippen LogP contribution in [0.2, 0.25) is 13.1 Å². The van der Waals surface area contributed by atoms with Gasteiger partial charge < -0.3 is 4.43 Å². The van der Waals surface area contributed by atoms with Crippen molar-refractivity contribution in [3.63, 3.8) is 0 Å². The highest BCUT2D eigenvalue weighted by molar-refractivity contribution is 6.74. The molecule has 0 saturated heterocycles. The second-order valence-electron chi connectivity index (χ2n) is 7.75. The summed E-state index contributed by atoms with van der Waals surface area (Å²) in [7, 11) is 0.447. The molecule has 139 valence electrons. The third-order valence-corrected chi connectivity index (χ3v) is 7.29. The molecule has 1 radical (unpaired) electrons. The standard InChI is InChI=1S/C21H45OSi/c1-5-6-7-8-9-10-11-12-13-14-15-16-17-18-19-20-21-23(3,4)22-2/h21H,5-20H2,1-4H3. The second-order valence-corrected chi connectivity index (χ2v) is 11.8. The first-order valence-electron chi connectivity index (χ1n) is 10.5. The highest BCUT2D eigenvalue weighted by Crippen LogP contribution is 2.16. The van der Waals surface area contributed by atoms with E-state index in [1.165, 1.54) is 103 Å². The zero-order chi connectivity index (χ0) is 17.2. The van der Waals surface area contributed by atoms with Crippen molar-refractivity contribution in [2.75, 3.05) is 7.11 Å². The molecule has 0 saturated carbocycles. The summed E-state index contributed by atoms with van der Waals surface area (Å²) in [6.45, 7) is 6.85. The monoisotopic (exact) mass is 341 g/mol. The minimum Gasteiger partial charge on any atom is -0.420 e. The molecule has 0 fully saturated rings. The summed E-state index contributed by atoms with van der Waals surface area (Å²) in [6.07, 6.45) is 22.9. The lowest BCUT2D eigenvalue weighted by Gasteiger charge is -2.18. The van der Waals surface area contributed by atoms with Gasteiger partial charge in [-0.05, 0) is 19.1 Å². The first kappa shape index (κ1) is 23.2. The van der Waals surface area contributed by atoms with Crippen LogP contribution in [0, 0.1) is 6.04 Å². The Balaban J connectivity index is 3.05. The van der Waals surface area contributed by atoms with E-state index in [0.717, 1.165) is 0 Å². The Morgan fingerprint density at radius 2 is 0.957 bits per heavy atom. The van der Waals surface area contributed by atoms with Gasteiger partial charge in [-0.3, -0.25) is 0 Å². The maximum absolute atomic E-state index is 5.55. The van der Waals surface area contributed by atoms with Gasteiger partial charge in [0.2, 0.25) is 0 Å². The fourth-order valence-corrected chi connectivity index (χ4v) is 4.11. The summed E-state index contributed by atoms with van der Waals surface area (Å²) in [5.74, 6) is 0. The van der Waals surface area contributed by atoms with Crippen molar-refractivity contribution in [1.29, 1.82) is 0 Å². The predicted octanol–water partition coefficient (Wildman–Crippen LogP) is 7.84. The van der Waals surface area contributed by atoms with E-state index in [0.29, 0.717) is 0 Å². The van der Waals surface area contributed by atoms with Crippen LogP contribution in [-0.2, 0) is 4.43 Å². The van der Waals surface area contributed by atoms with Crippen LogP contribution in [0.25, 0.3) is 0 Å². The topological polar surface area (TPSA) is 9.23 Å². The fourth-order valence-electron chi connectivity index (χ4n) is 3.05. The first-order valence-corrected chi connectivity index (χ1v) is 13.5. The molecule has 0 aromatic carbocycles. The quantitative estimate of drug-likeness (QED) is 0.182. The summed E-state index contributed by atoms with van der Waals surface area (Å²) in [5, 5.41) is 0. The van der Waals surface area contributed by atoms with Crippen molar-refractivity contribution in [3.05, 3.63) is 6.04 Å². The average Bonchev–Trinajstić information content (AvgIpc) is 2.54. The van der Waals surface area contributed by atoms with E-state index < -0.39 is 8.32 Å². The Morgan fingerprint density at radius 1 is 0.609 bits per heavy atom. The number of hydrogen-bond donors (Lipinski definition) is 0. The molecule has 0 aliphatic carbocycles. The Morgan fingerprint density at radius 3 is 1.30 bits per heavy atom. The Hall–Kier alpha value is 0.177. The summed E-state index contributed by atoms with van der Waals surface area (Å²) < 4.78 is 5.55. The molecule has 0 aromatic heterocycles. The van der Waals surface area contributed by atoms with Gasteiger partial charge in [0.1, 0.15) is 0 Å². The van der Waals surface area contributed by atoms with Crippen molar-refractivity contribution >= 4 is 8.32 Å². The van der Waals surface area contributed by atoms with Crippen LogP contribution in [0.5, 0.6) is 0 Å². The molecule has 2 heteroatoms. The minimum atomic E-state index is -1.41. The summed E-state index contributed by atoms with van der Waals surface area (Å²) in [6, 6.07) is 2.45. The zero-order valence-corrected chi connectivity index (χ0v) is 17.8. The SMILES string of the molecule is CCCCCCCCCCCCCCCCC[CH][Si](C)(C)OC. The molecule has 0 unspecified atom stereocenters. The Labute approximate surface area is 149 Å². The molecule has 0 amide bonds. The van der Waals surface area contributed by atoms with Gasteiger partial charge in [0.25, 0.3) is 0 Å². The van der Waals surface area contributed by atoms with Crippen LogP contribution in [0.15, 0.2) is 0 Å². The van der Waals surface area contributed by atoms with Crippen molar-refractivity contribution in [2.24, 2.45) is 0 Å². The highest BCUT2D eigenvalue weighted by Gasteiger charge is 2.19. The lowest BCUT2D eigenvalue weighted by Crippen LogP contribution is -2.29. The van der Waals surface area contributed by atoms with Gasteiger partial charge >= 0.3 is 0 Å². The Kier molecular flexibility index (Phi) is 17.1. The van der Waals surface area contributed by atoms with E-state index in [-0.39, 0.29) is 0 Å². The number of rotatable bonds is 18. The number of unbranched alkanes of at least 4 members (excludes halogenated alkanes) is 15. The van der Waals surface area contributed by atoms with Crippen molar-refractivity contribution < 1.29 is 4.43 Å². The molecular weight excluding hydrogens is 296 g/mol. The number of hydrogen-bond acceptors (Lipinski definition) is 1. The third-order valence-electron chi connectivity index (χ3n) is 4.97. The largest absolute Gasteiger partial charge is 0.420 e. The molecule has 0 bridgehead atoms. The van der Waals surface area contributed by atoms with E-state index in [9.17, 15) is 0 Å². The fraction of sp³-hybridized carbons (Fsp3) is 0.952. The van der Waals surface area contributed by atoms with Gasteiger partial charge in [-0.15, -0.1) is 0 Å². The summed E-state index contributed by atoms with van der Waals surface area (Å²) >= 11 is 0. The van der Waals surface area contributed by atoms with Gasteiger partial charge in [-0.1, -0.05) is 110 Å². The van der Waals surface area contributed by atoms with Crippen LogP contribution in [-0.4, -0.2) is 15.4 Å². The molecule has 1 nitrogen and oxygen atoms in total. The van der Waals surface area contributed by atoms with Crippen molar-refractivity contribution in [1.82, 2.24) is 0 Å². The lowest BCUT2D eigenvalue weighted by atomic mass is 10.0. The van der Waals surface area contributed by atoms with Crippen molar-refractivity contribution in [3.8, 4) is 0 Å². The molecule has 0 N–H and O–H groups in total. The van der Waals surface area contributed by atoms with Crippen molar-refractivity contribution in [2.45, 2.75) is 123 Å². The van der Waals surface area contributed by atoms with E-state index in [1.54, 1.807) is 0 Å². The predicted molar refractivity (Wildman–Crippen MR) is 108 cm³/mol. The molecular formula is C21H45OSi. The second kappa shape index (κ2) is 17.0. The minimum absolute atomic E-state index is 1.26. The lowest BCUT2D eigenvalue weighted by molar-refractivity contribution is 0.409. The molecule has 0 rings (SSSR count). The maximum Gasteiger partial charge on any atom is 0.189 e. The molecule has 0 atom stereocenters. The maximum atomic E-state index is 5.55. The van der Waals surface area contributed by atoms with Gasteiger partial charge in [0, 0.05) is 7.11 Å². The Bertz CT molecular complexity index is 228. The molecule has 0 aliphatic rings. The smallest absolute Gasteiger partial charge is 0.189 e. The van der Waals surface area contributed by atoms with Gasteiger partial charge in [0.15, 0.2) is 8.32 Å². The third kappa shape index (κ3) is 18.4. The van der Waals surface area contributed by atoms with E-state index >= 15 is 0 Å².